The summed E-state index contributed by atoms with van der Waals surface area (Å²) in [5.41, 5.74) is 7.95. The maximum Gasteiger partial charge on any atom is 0.224 e. The molecule has 3 N–H and O–H groups in total. The van der Waals surface area contributed by atoms with Gasteiger partial charge in [-0.3, -0.25) is 24.8 Å². The Morgan fingerprint density at radius 2 is 1.92 bits per heavy atom. The molecular formula is C27H23N7OS. The van der Waals surface area contributed by atoms with Crippen LogP contribution in [0.2, 0.25) is 0 Å². The number of hydrogen-bond acceptors (Lipinski definition) is 6. The number of carbonyl (C=O) groups is 1. The second kappa shape index (κ2) is 9.35. The zero-order valence-electron chi connectivity index (χ0n) is 19.6. The maximum absolute atomic E-state index is 12.2. The van der Waals surface area contributed by atoms with E-state index in [0.29, 0.717) is 12.1 Å². The molecule has 6 heterocycles. The molecule has 0 saturated carbocycles. The van der Waals surface area contributed by atoms with Crippen molar-refractivity contribution in [3.05, 3.63) is 66.0 Å². The van der Waals surface area contributed by atoms with E-state index >= 15 is 0 Å². The fourth-order valence-electron chi connectivity index (χ4n) is 4.32. The number of unbranched alkanes of at least 4 members (excludes halogenated alkanes) is 1. The predicted molar refractivity (Wildman–Crippen MR) is 144 cm³/mol. The lowest BCUT2D eigenvalue weighted by molar-refractivity contribution is -0.116. The number of hydrogen-bond donors (Lipinski definition) is 3. The molecule has 0 fully saturated rings. The number of aromatic nitrogens is 6. The van der Waals surface area contributed by atoms with Crippen molar-refractivity contribution < 1.29 is 4.79 Å². The van der Waals surface area contributed by atoms with Crippen LogP contribution >= 0.6 is 11.3 Å². The summed E-state index contributed by atoms with van der Waals surface area (Å²) in [6.07, 6.45) is 11.2. The van der Waals surface area contributed by atoms with Crippen molar-refractivity contribution in [2.24, 2.45) is 0 Å². The zero-order valence-corrected chi connectivity index (χ0v) is 20.4. The van der Waals surface area contributed by atoms with Crippen LogP contribution in [0.1, 0.15) is 26.2 Å². The third kappa shape index (κ3) is 4.14. The Morgan fingerprint density at radius 3 is 2.78 bits per heavy atom. The molecule has 6 aromatic heterocycles. The third-order valence-electron chi connectivity index (χ3n) is 6.16. The lowest BCUT2D eigenvalue weighted by Crippen LogP contribution is -2.11. The summed E-state index contributed by atoms with van der Waals surface area (Å²) in [6.45, 7) is 2.07. The number of amides is 1. The number of aromatic amines is 2. The van der Waals surface area contributed by atoms with E-state index in [2.05, 4.69) is 65.3 Å². The first-order valence-electron chi connectivity index (χ1n) is 11.8. The highest BCUT2D eigenvalue weighted by Crippen LogP contribution is 2.35. The fraction of sp³-hybridized carbons (Fsp3) is 0.148. The molecule has 8 nitrogen and oxygen atoms in total. The molecule has 9 heteroatoms. The molecule has 0 spiro atoms. The molecule has 0 saturated heterocycles. The molecular weight excluding hydrogens is 470 g/mol. The number of H-pyrrole nitrogens is 2. The van der Waals surface area contributed by atoms with Gasteiger partial charge >= 0.3 is 0 Å². The molecule has 0 bridgehead atoms. The van der Waals surface area contributed by atoms with E-state index in [-0.39, 0.29) is 5.91 Å². The van der Waals surface area contributed by atoms with Crippen molar-refractivity contribution in [1.29, 1.82) is 0 Å². The third-order valence-corrected chi connectivity index (χ3v) is 6.84. The van der Waals surface area contributed by atoms with Crippen molar-refractivity contribution in [3.63, 3.8) is 0 Å². The molecule has 0 aromatic carbocycles. The van der Waals surface area contributed by atoms with E-state index in [9.17, 15) is 4.79 Å². The largest absolute Gasteiger partial charge is 0.352 e. The summed E-state index contributed by atoms with van der Waals surface area (Å²) in [5, 5.41) is 16.8. The van der Waals surface area contributed by atoms with E-state index in [1.165, 1.54) is 0 Å². The van der Waals surface area contributed by atoms with E-state index in [1.54, 1.807) is 29.9 Å². The van der Waals surface area contributed by atoms with Crippen LogP contribution in [-0.2, 0) is 4.79 Å². The number of fused-ring (bicyclic) bond motifs is 2. The van der Waals surface area contributed by atoms with Crippen LogP contribution in [0.25, 0.3) is 55.6 Å². The summed E-state index contributed by atoms with van der Waals surface area (Å²) in [5.74, 6) is -0.00791. The van der Waals surface area contributed by atoms with Gasteiger partial charge < -0.3 is 10.3 Å². The van der Waals surface area contributed by atoms with Crippen molar-refractivity contribution in [2.45, 2.75) is 26.2 Å². The molecule has 1 amide bonds. The van der Waals surface area contributed by atoms with Gasteiger partial charge in [-0.2, -0.15) is 16.4 Å². The van der Waals surface area contributed by atoms with Gasteiger partial charge in [-0.25, -0.2) is 0 Å². The number of thiophene rings is 1. The van der Waals surface area contributed by atoms with Gasteiger partial charge in [0.15, 0.2) is 0 Å². The molecule has 0 radical (unpaired) electrons. The molecule has 0 aliphatic carbocycles. The molecule has 178 valence electrons. The van der Waals surface area contributed by atoms with Crippen molar-refractivity contribution >= 4 is 44.7 Å². The van der Waals surface area contributed by atoms with E-state index in [1.807, 2.05) is 24.5 Å². The Bertz CT molecular complexity index is 1680. The molecule has 6 rings (SSSR count). The van der Waals surface area contributed by atoms with Gasteiger partial charge in [-0.1, -0.05) is 13.3 Å². The summed E-state index contributed by atoms with van der Waals surface area (Å²) < 4.78 is 0. The van der Waals surface area contributed by atoms with Gasteiger partial charge in [0.2, 0.25) is 5.91 Å². The summed E-state index contributed by atoms with van der Waals surface area (Å²) in [7, 11) is 0. The Hall–Kier alpha value is -4.37. The minimum Gasteiger partial charge on any atom is -0.352 e. The van der Waals surface area contributed by atoms with Gasteiger partial charge in [0, 0.05) is 40.7 Å². The molecule has 0 aliphatic rings. The first-order valence-corrected chi connectivity index (χ1v) is 12.7. The average Bonchev–Trinajstić information content (AvgIpc) is 3.66. The molecule has 36 heavy (non-hydrogen) atoms. The first kappa shape index (κ1) is 22.1. The Morgan fingerprint density at radius 1 is 1.00 bits per heavy atom. The van der Waals surface area contributed by atoms with Crippen molar-refractivity contribution in [2.75, 3.05) is 5.32 Å². The van der Waals surface area contributed by atoms with Crippen LogP contribution in [0.15, 0.2) is 66.0 Å². The Balaban J connectivity index is 1.37. The van der Waals surface area contributed by atoms with Gasteiger partial charge in [-0.15, -0.1) is 0 Å². The van der Waals surface area contributed by atoms with Crippen molar-refractivity contribution in [1.82, 2.24) is 30.1 Å². The van der Waals surface area contributed by atoms with Crippen LogP contribution < -0.4 is 5.32 Å². The summed E-state index contributed by atoms with van der Waals surface area (Å²) in [6, 6.07) is 8.11. The van der Waals surface area contributed by atoms with Crippen LogP contribution in [0.3, 0.4) is 0 Å². The van der Waals surface area contributed by atoms with Gasteiger partial charge in [-0.05, 0) is 47.0 Å². The number of nitrogens with one attached hydrogen (secondary N) is 3. The second-order valence-corrected chi connectivity index (χ2v) is 9.42. The SMILES string of the molecule is CCCCC(=O)Nc1cncc(-c2cc3c(-c4cc5c(-c6ccsc6)cncc5[nH]4)n[nH]c3cn2)c1. The standard InChI is InChI=1S/C27H23N7OS/c1-2-3-4-26(35)31-18-7-17(10-28-11-18)22-9-20-25(14-30-22)33-34-27(20)23-8-19-21(16-5-6-36-15-16)12-29-13-24(19)32-23/h5-15,32H,2-4H2,1H3,(H,31,35)(H,33,34). The van der Waals surface area contributed by atoms with Crippen LogP contribution in [0, 0.1) is 0 Å². The molecule has 0 atom stereocenters. The lowest BCUT2D eigenvalue weighted by atomic mass is 10.1. The number of anilines is 1. The van der Waals surface area contributed by atoms with Crippen LogP contribution in [-0.4, -0.2) is 36.0 Å². The second-order valence-electron chi connectivity index (χ2n) is 8.64. The highest BCUT2D eigenvalue weighted by Gasteiger charge is 2.15. The maximum atomic E-state index is 12.2. The fourth-order valence-corrected chi connectivity index (χ4v) is 4.97. The Labute approximate surface area is 210 Å². The van der Waals surface area contributed by atoms with E-state index in [0.717, 1.165) is 68.4 Å². The molecule has 0 aliphatic heterocycles. The summed E-state index contributed by atoms with van der Waals surface area (Å²) in [4.78, 5) is 29.0. The highest BCUT2D eigenvalue weighted by molar-refractivity contribution is 7.08. The van der Waals surface area contributed by atoms with Gasteiger partial charge in [0.25, 0.3) is 0 Å². The van der Waals surface area contributed by atoms with E-state index < -0.39 is 0 Å². The zero-order chi connectivity index (χ0) is 24.5. The van der Waals surface area contributed by atoms with E-state index in [4.69, 9.17) is 0 Å². The van der Waals surface area contributed by atoms with Crippen LogP contribution in [0.5, 0.6) is 0 Å². The minimum absolute atomic E-state index is 0.00791. The predicted octanol–water partition coefficient (Wildman–Crippen LogP) is 6.42. The van der Waals surface area contributed by atoms with Gasteiger partial charge in [0.1, 0.15) is 5.69 Å². The monoisotopic (exact) mass is 493 g/mol. The number of nitrogens with zero attached hydrogens (tertiary/aromatic N) is 4. The number of carbonyl (C=O) groups excluding carboxylic acids is 1. The van der Waals surface area contributed by atoms with Gasteiger partial charge in [0.05, 0.1) is 46.7 Å². The minimum atomic E-state index is -0.00791. The lowest BCUT2D eigenvalue weighted by Gasteiger charge is -2.07. The number of rotatable bonds is 7. The normalized spacial score (nSPS) is 11.4. The summed E-state index contributed by atoms with van der Waals surface area (Å²) >= 11 is 1.67. The molecule has 0 unspecified atom stereocenters. The number of pyridine rings is 3. The highest BCUT2D eigenvalue weighted by atomic mass is 32.1. The van der Waals surface area contributed by atoms with Crippen LogP contribution in [0.4, 0.5) is 5.69 Å². The topological polar surface area (TPSA) is 112 Å². The first-order chi connectivity index (χ1) is 17.7. The smallest absolute Gasteiger partial charge is 0.224 e. The quantitative estimate of drug-likeness (QED) is 0.237. The Kier molecular flexibility index (Phi) is 5.74. The average molecular weight is 494 g/mol. The molecule has 6 aromatic rings. The van der Waals surface area contributed by atoms with Crippen molar-refractivity contribution in [3.8, 4) is 33.8 Å².